The summed E-state index contributed by atoms with van der Waals surface area (Å²) in [6.07, 6.45) is 1.42. The van der Waals surface area contributed by atoms with Crippen molar-refractivity contribution in [3.05, 3.63) is 39.4 Å². The Morgan fingerprint density at radius 3 is 2.76 bits per heavy atom. The van der Waals surface area contributed by atoms with E-state index in [1.807, 2.05) is 0 Å². The Hall–Kier alpha value is -2.09. The highest BCUT2D eigenvalue weighted by Crippen LogP contribution is 2.24. The van der Waals surface area contributed by atoms with Gasteiger partial charge in [-0.05, 0) is 24.8 Å². The van der Waals surface area contributed by atoms with E-state index in [0.29, 0.717) is 25.1 Å². The van der Waals surface area contributed by atoms with E-state index < -0.39 is 33.7 Å². The zero-order chi connectivity index (χ0) is 15.6. The summed E-state index contributed by atoms with van der Waals surface area (Å²) in [4.78, 5) is 23.0. The van der Waals surface area contributed by atoms with Crippen LogP contribution in [0.3, 0.4) is 0 Å². The number of amides is 1. The van der Waals surface area contributed by atoms with Crippen LogP contribution in [0.1, 0.15) is 23.2 Å². The lowest BCUT2D eigenvalue weighted by Crippen LogP contribution is -2.41. The van der Waals surface area contributed by atoms with Gasteiger partial charge in [-0.15, -0.1) is 0 Å². The van der Waals surface area contributed by atoms with Gasteiger partial charge in [0.25, 0.3) is 5.91 Å². The highest BCUT2D eigenvalue weighted by molar-refractivity contribution is 5.94. The number of hydrogen-bond acceptors (Lipinski definition) is 4. The minimum atomic E-state index is -1.25. The number of nitro groups is 1. The normalized spacial score (nSPS) is 18.6. The van der Waals surface area contributed by atoms with E-state index in [-0.39, 0.29) is 19.1 Å². The van der Waals surface area contributed by atoms with Crippen LogP contribution in [-0.4, -0.2) is 40.5 Å². The van der Waals surface area contributed by atoms with E-state index in [4.69, 9.17) is 5.11 Å². The summed E-state index contributed by atoms with van der Waals surface area (Å²) < 4.78 is 27.3. The summed E-state index contributed by atoms with van der Waals surface area (Å²) in [5.74, 6) is -3.19. The molecule has 6 nitrogen and oxygen atoms in total. The number of benzene rings is 1. The number of likely N-dealkylation sites (tertiary alicyclic amines) is 1. The van der Waals surface area contributed by atoms with Gasteiger partial charge in [-0.25, -0.2) is 4.39 Å². The van der Waals surface area contributed by atoms with E-state index in [0.717, 1.165) is 6.42 Å². The van der Waals surface area contributed by atoms with Crippen LogP contribution in [0.4, 0.5) is 14.5 Å². The predicted octanol–water partition coefficient (Wildman–Crippen LogP) is 1.72. The van der Waals surface area contributed by atoms with Crippen molar-refractivity contribution >= 4 is 11.6 Å². The molecular formula is C13H14F2N2O4. The van der Waals surface area contributed by atoms with Crippen molar-refractivity contribution in [2.75, 3.05) is 19.7 Å². The highest BCUT2D eigenvalue weighted by atomic mass is 19.1. The summed E-state index contributed by atoms with van der Waals surface area (Å²) in [5, 5.41) is 19.6. The largest absolute Gasteiger partial charge is 0.396 e. The lowest BCUT2D eigenvalue weighted by molar-refractivity contribution is -0.387. The molecule has 1 amide bonds. The predicted molar refractivity (Wildman–Crippen MR) is 68.7 cm³/mol. The molecule has 0 aromatic heterocycles. The minimum Gasteiger partial charge on any atom is -0.396 e. The van der Waals surface area contributed by atoms with Crippen molar-refractivity contribution in [1.29, 1.82) is 0 Å². The van der Waals surface area contributed by atoms with Crippen molar-refractivity contribution < 1.29 is 23.6 Å². The Bertz CT molecular complexity index is 580. The number of hydrogen-bond donors (Lipinski definition) is 1. The van der Waals surface area contributed by atoms with Gasteiger partial charge in [-0.3, -0.25) is 14.9 Å². The van der Waals surface area contributed by atoms with Crippen molar-refractivity contribution in [1.82, 2.24) is 4.90 Å². The van der Waals surface area contributed by atoms with E-state index >= 15 is 0 Å². The van der Waals surface area contributed by atoms with Crippen molar-refractivity contribution in [2.45, 2.75) is 12.8 Å². The van der Waals surface area contributed by atoms with E-state index in [2.05, 4.69) is 0 Å². The Labute approximate surface area is 119 Å². The quantitative estimate of drug-likeness (QED) is 0.680. The number of aliphatic hydroxyl groups excluding tert-OH is 1. The number of piperidine rings is 1. The molecule has 1 saturated heterocycles. The molecule has 0 aliphatic carbocycles. The average Bonchev–Trinajstić information content (AvgIpc) is 2.48. The van der Waals surface area contributed by atoms with E-state index in [1.165, 1.54) is 4.90 Å². The molecule has 1 N–H and O–H groups in total. The van der Waals surface area contributed by atoms with Crippen molar-refractivity contribution in [3.63, 3.8) is 0 Å². The molecule has 1 aromatic carbocycles. The van der Waals surface area contributed by atoms with Gasteiger partial charge in [0.05, 0.1) is 16.6 Å². The van der Waals surface area contributed by atoms with Gasteiger partial charge < -0.3 is 10.0 Å². The molecule has 1 aromatic rings. The molecule has 1 heterocycles. The van der Waals surface area contributed by atoms with Gasteiger partial charge >= 0.3 is 5.69 Å². The summed E-state index contributed by atoms with van der Waals surface area (Å²) in [5.41, 5.74) is -1.53. The molecule has 2 rings (SSSR count). The molecule has 1 aliphatic heterocycles. The average molecular weight is 300 g/mol. The SMILES string of the molecule is O=C(c1cc(F)c([N+](=O)[O-])cc1F)N1CCCC(CO)C1. The zero-order valence-electron chi connectivity index (χ0n) is 11.1. The molecule has 114 valence electrons. The molecule has 21 heavy (non-hydrogen) atoms. The number of carbonyl (C=O) groups excluding carboxylic acids is 1. The molecule has 0 spiro atoms. The number of nitrogens with zero attached hydrogens (tertiary/aromatic N) is 2. The summed E-state index contributed by atoms with van der Waals surface area (Å²) >= 11 is 0. The van der Waals surface area contributed by atoms with Crippen LogP contribution in [-0.2, 0) is 0 Å². The number of halogens is 2. The van der Waals surface area contributed by atoms with Gasteiger partial charge in [0.1, 0.15) is 5.82 Å². The molecule has 1 fully saturated rings. The fraction of sp³-hybridized carbons (Fsp3) is 0.462. The molecule has 1 aliphatic rings. The van der Waals surface area contributed by atoms with Crippen molar-refractivity contribution in [2.24, 2.45) is 5.92 Å². The number of rotatable bonds is 3. The van der Waals surface area contributed by atoms with Gasteiger partial charge in [-0.2, -0.15) is 4.39 Å². The Morgan fingerprint density at radius 1 is 1.43 bits per heavy atom. The summed E-state index contributed by atoms with van der Waals surface area (Å²) in [7, 11) is 0. The van der Waals surface area contributed by atoms with Gasteiger partial charge in [0.15, 0.2) is 0 Å². The zero-order valence-corrected chi connectivity index (χ0v) is 11.1. The van der Waals surface area contributed by atoms with Gasteiger partial charge in [0, 0.05) is 19.7 Å². The first-order valence-corrected chi connectivity index (χ1v) is 6.47. The molecular weight excluding hydrogens is 286 g/mol. The molecule has 1 unspecified atom stereocenters. The monoisotopic (exact) mass is 300 g/mol. The topological polar surface area (TPSA) is 83.7 Å². The maximum Gasteiger partial charge on any atom is 0.307 e. The molecule has 0 bridgehead atoms. The summed E-state index contributed by atoms with van der Waals surface area (Å²) in [6, 6.07) is 0.967. The maximum atomic E-state index is 13.8. The first-order chi connectivity index (χ1) is 9.93. The van der Waals surface area contributed by atoms with Crippen LogP contribution in [0, 0.1) is 27.7 Å². The second kappa shape index (κ2) is 6.13. The third-order valence-corrected chi connectivity index (χ3v) is 3.53. The highest BCUT2D eigenvalue weighted by Gasteiger charge is 2.28. The third-order valence-electron chi connectivity index (χ3n) is 3.53. The van der Waals surface area contributed by atoms with E-state index in [1.54, 1.807) is 0 Å². The number of aliphatic hydroxyl groups is 1. The van der Waals surface area contributed by atoms with Crippen molar-refractivity contribution in [3.8, 4) is 0 Å². The van der Waals surface area contributed by atoms with Crippen LogP contribution in [0.15, 0.2) is 12.1 Å². The van der Waals surface area contributed by atoms with Crippen LogP contribution in [0.5, 0.6) is 0 Å². The second-order valence-electron chi connectivity index (χ2n) is 4.98. The fourth-order valence-electron chi connectivity index (χ4n) is 2.41. The fourth-order valence-corrected chi connectivity index (χ4v) is 2.41. The first-order valence-electron chi connectivity index (χ1n) is 6.47. The first kappa shape index (κ1) is 15.3. The molecule has 8 heteroatoms. The Morgan fingerprint density at radius 2 is 2.14 bits per heavy atom. The Balaban J connectivity index is 2.27. The lowest BCUT2D eigenvalue weighted by Gasteiger charge is -2.31. The lowest BCUT2D eigenvalue weighted by atomic mass is 9.98. The molecule has 0 radical (unpaired) electrons. The van der Waals surface area contributed by atoms with Crippen LogP contribution >= 0.6 is 0 Å². The smallest absolute Gasteiger partial charge is 0.307 e. The number of carbonyl (C=O) groups is 1. The molecule has 0 saturated carbocycles. The second-order valence-corrected chi connectivity index (χ2v) is 4.98. The molecule has 1 atom stereocenters. The standard InChI is InChI=1S/C13H14F2N2O4/c14-10-5-12(17(20)21)11(15)4-9(10)13(19)16-3-1-2-8(6-16)7-18/h4-5,8,18H,1-3,6-7H2. The Kier molecular flexibility index (Phi) is 4.46. The van der Waals surface area contributed by atoms with Crippen LogP contribution in [0.2, 0.25) is 0 Å². The van der Waals surface area contributed by atoms with Crippen LogP contribution < -0.4 is 0 Å². The maximum absolute atomic E-state index is 13.8. The van der Waals surface area contributed by atoms with Crippen LogP contribution in [0.25, 0.3) is 0 Å². The number of nitro benzene ring substituents is 1. The van der Waals surface area contributed by atoms with Gasteiger partial charge in [-0.1, -0.05) is 0 Å². The third kappa shape index (κ3) is 3.15. The van der Waals surface area contributed by atoms with Gasteiger partial charge in [0.2, 0.25) is 5.82 Å². The van der Waals surface area contributed by atoms with E-state index in [9.17, 15) is 23.7 Å². The minimum absolute atomic E-state index is 0.0825. The summed E-state index contributed by atoms with van der Waals surface area (Å²) in [6.45, 7) is 0.557.